The fraction of sp³-hybridized carbons (Fsp3) is 0.238. The van der Waals surface area contributed by atoms with Gasteiger partial charge >= 0.3 is 0 Å². The van der Waals surface area contributed by atoms with Gasteiger partial charge < -0.3 is 9.88 Å². The molecule has 0 radical (unpaired) electrons. The van der Waals surface area contributed by atoms with Gasteiger partial charge in [-0.2, -0.15) is 0 Å². The molecule has 2 aromatic carbocycles. The van der Waals surface area contributed by atoms with Crippen LogP contribution in [0.4, 0.5) is 0 Å². The maximum absolute atomic E-state index is 12.1. The molecule has 1 saturated heterocycles. The van der Waals surface area contributed by atoms with Crippen molar-refractivity contribution in [3.63, 3.8) is 0 Å². The van der Waals surface area contributed by atoms with Crippen molar-refractivity contribution in [2.45, 2.75) is 19.0 Å². The van der Waals surface area contributed by atoms with Crippen molar-refractivity contribution < 1.29 is 4.79 Å². The molecule has 26 heavy (non-hydrogen) atoms. The second kappa shape index (κ2) is 7.54. The van der Waals surface area contributed by atoms with Gasteiger partial charge in [-0.05, 0) is 23.3 Å². The highest BCUT2D eigenvalue weighted by Gasteiger charge is 2.26. The first-order chi connectivity index (χ1) is 12.8. The quantitative estimate of drug-likeness (QED) is 0.790. The summed E-state index contributed by atoms with van der Waals surface area (Å²) in [7, 11) is 0. The first-order valence-corrected chi connectivity index (χ1v) is 8.92. The molecule has 4 rings (SSSR count). The number of carbonyl (C=O) groups is 1. The lowest BCUT2D eigenvalue weighted by Crippen LogP contribution is -2.30. The molecule has 1 atom stereocenters. The van der Waals surface area contributed by atoms with Gasteiger partial charge in [-0.1, -0.05) is 42.5 Å². The van der Waals surface area contributed by atoms with E-state index in [1.54, 1.807) is 12.5 Å². The number of imidazole rings is 1. The molecule has 132 valence electrons. The fourth-order valence-electron chi connectivity index (χ4n) is 3.48. The van der Waals surface area contributed by atoms with Gasteiger partial charge in [0, 0.05) is 50.2 Å². The molecule has 1 amide bonds. The molecule has 0 unspecified atom stereocenters. The number of hydrogen-bond acceptors (Lipinski definition) is 3. The Morgan fingerprint density at radius 2 is 1.88 bits per heavy atom. The van der Waals surface area contributed by atoms with Gasteiger partial charge in [0.1, 0.15) is 0 Å². The van der Waals surface area contributed by atoms with Crippen LogP contribution in [0.25, 0.3) is 5.69 Å². The summed E-state index contributed by atoms with van der Waals surface area (Å²) in [6.07, 6.45) is 6.01. The highest BCUT2D eigenvalue weighted by atomic mass is 16.1. The summed E-state index contributed by atoms with van der Waals surface area (Å²) in [5.41, 5.74) is 3.53. The SMILES string of the molecule is O=C1C[C@H](c2ccccc2)N(Cc2ccc(-n3ccnc3)cc2)CCN1. The third-order valence-electron chi connectivity index (χ3n) is 4.85. The van der Waals surface area contributed by atoms with Crippen LogP contribution in [0.2, 0.25) is 0 Å². The number of hydrogen-bond donors (Lipinski definition) is 1. The Morgan fingerprint density at radius 1 is 1.08 bits per heavy atom. The Kier molecular flexibility index (Phi) is 4.80. The van der Waals surface area contributed by atoms with Gasteiger partial charge in [-0.25, -0.2) is 4.98 Å². The molecule has 0 aliphatic carbocycles. The average molecular weight is 346 g/mol. The maximum Gasteiger partial charge on any atom is 0.221 e. The van der Waals surface area contributed by atoms with Crippen molar-refractivity contribution in [2.75, 3.05) is 13.1 Å². The Hall–Kier alpha value is -2.92. The lowest BCUT2D eigenvalue weighted by molar-refractivity contribution is -0.121. The van der Waals surface area contributed by atoms with Crippen molar-refractivity contribution in [1.29, 1.82) is 0 Å². The largest absolute Gasteiger partial charge is 0.355 e. The highest BCUT2D eigenvalue weighted by Crippen LogP contribution is 2.27. The van der Waals surface area contributed by atoms with Crippen LogP contribution in [-0.2, 0) is 11.3 Å². The molecule has 1 aliphatic rings. The molecule has 0 saturated carbocycles. The topological polar surface area (TPSA) is 50.2 Å². The Morgan fingerprint density at radius 3 is 2.62 bits per heavy atom. The van der Waals surface area contributed by atoms with Crippen LogP contribution in [0, 0.1) is 0 Å². The molecule has 5 heteroatoms. The van der Waals surface area contributed by atoms with Gasteiger partial charge in [0.25, 0.3) is 0 Å². The zero-order valence-corrected chi connectivity index (χ0v) is 14.6. The molecular formula is C21H22N4O. The molecular weight excluding hydrogens is 324 g/mol. The van der Waals surface area contributed by atoms with Gasteiger partial charge in [0.2, 0.25) is 5.91 Å². The molecule has 1 N–H and O–H groups in total. The van der Waals surface area contributed by atoms with Crippen molar-refractivity contribution in [3.8, 4) is 5.69 Å². The zero-order chi connectivity index (χ0) is 17.8. The normalized spacial score (nSPS) is 18.3. The number of amides is 1. The fourth-order valence-corrected chi connectivity index (χ4v) is 3.48. The molecule has 0 bridgehead atoms. The van der Waals surface area contributed by atoms with Crippen molar-refractivity contribution in [1.82, 2.24) is 19.8 Å². The summed E-state index contributed by atoms with van der Waals surface area (Å²) >= 11 is 0. The van der Waals surface area contributed by atoms with Crippen LogP contribution in [0.1, 0.15) is 23.6 Å². The number of benzene rings is 2. The molecule has 1 aliphatic heterocycles. The predicted octanol–water partition coefficient (Wildman–Crippen LogP) is 2.94. The Balaban J connectivity index is 1.55. The van der Waals surface area contributed by atoms with E-state index in [2.05, 4.69) is 51.6 Å². The molecule has 1 aromatic heterocycles. The van der Waals surface area contributed by atoms with E-state index in [0.29, 0.717) is 13.0 Å². The van der Waals surface area contributed by atoms with Gasteiger partial charge in [-0.3, -0.25) is 9.69 Å². The monoisotopic (exact) mass is 346 g/mol. The minimum absolute atomic E-state index is 0.104. The standard InChI is InChI=1S/C21H22N4O/c26-21-14-20(18-4-2-1-3-5-18)24(13-11-23-21)15-17-6-8-19(9-7-17)25-12-10-22-16-25/h1-10,12,16,20H,11,13-15H2,(H,23,26)/t20-/m1/s1. The summed E-state index contributed by atoms with van der Waals surface area (Å²) in [4.78, 5) is 18.6. The van der Waals surface area contributed by atoms with E-state index in [1.807, 2.05) is 29.0 Å². The van der Waals surface area contributed by atoms with E-state index in [-0.39, 0.29) is 11.9 Å². The second-order valence-corrected chi connectivity index (χ2v) is 6.59. The summed E-state index contributed by atoms with van der Waals surface area (Å²) in [5, 5.41) is 3.00. The number of aromatic nitrogens is 2. The third kappa shape index (κ3) is 3.68. The summed E-state index contributed by atoms with van der Waals surface area (Å²) in [5.74, 6) is 0.122. The molecule has 1 fully saturated rings. The van der Waals surface area contributed by atoms with Crippen molar-refractivity contribution in [3.05, 3.63) is 84.4 Å². The summed E-state index contributed by atoms with van der Waals surface area (Å²) in [6.45, 7) is 2.35. The van der Waals surface area contributed by atoms with Gasteiger partial charge in [0.05, 0.1) is 6.33 Å². The number of rotatable bonds is 4. The number of carbonyl (C=O) groups excluding carboxylic acids is 1. The summed E-state index contributed by atoms with van der Waals surface area (Å²) < 4.78 is 1.99. The first kappa shape index (κ1) is 16.5. The van der Waals surface area contributed by atoms with Crippen LogP contribution in [0.3, 0.4) is 0 Å². The van der Waals surface area contributed by atoms with Crippen LogP contribution in [0.5, 0.6) is 0 Å². The van der Waals surface area contributed by atoms with Gasteiger partial charge in [-0.15, -0.1) is 0 Å². The van der Waals surface area contributed by atoms with Crippen molar-refractivity contribution in [2.24, 2.45) is 0 Å². The molecule has 0 spiro atoms. The second-order valence-electron chi connectivity index (χ2n) is 6.59. The van der Waals surface area contributed by atoms with Crippen LogP contribution < -0.4 is 5.32 Å². The predicted molar refractivity (Wildman–Crippen MR) is 101 cm³/mol. The van der Waals surface area contributed by atoms with E-state index in [0.717, 1.165) is 18.8 Å². The minimum atomic E-state index is 0.104. The zero-order valence-electron chi connectivity index (χ0n) is 14.6. The lowest BCUT2D eigenvalue weighted by atomic mass is 10.0. The smallest absolute Gasteiger partial charge is 0.221 e. The number of nitrogens with one attached hydrogen (secondary N) is 1. The number of nitrogens with zero attached hydrogens (tertiary/aromatic N) is 3. The average Bonchev–Trinajstić information content (AvgIpc) is 3.15. The van der Waals surface area contributed by atoms with Crippen LogP contribution in [0.15, 0.2) is 73.3 Å². The summed E-state index contributed by atoms with van der Waals surface area (Å²) in [6, 6.07) is 18.9. The van der Waals surface area contributed by atoms with Gasteiger partial charge in [0.15, 0.2) is 0 Å². The first-order valence-electron chi connectivity index (χ1n) is 8.92. The molecule has 5 nitrogen and oxygen atoms in total. The van der Waals surface area contributed by atoms with Crippen LogP contribution in [-0.4, -0.2) is 33.4 Å². The van der Waals surface area contributed by atoms with E-state index in [9.17, 15) is 4.79 Å². The maximum atomic E-state index is 12.1. The highest BCUT2D eigenvalue weighted by molar-refractivity contribution is 5.77. The van der Waals surface area contributed by atoms with Crippen LogP contribution >= 0.6 is 0 Å². The lowest BCUT2D eigenvalue weighted by Gasteiger charge is -2.29. The Bertz CT molecular complexity index is 843. The van der Waals surface area contributed by atoms with E-state index >= 15 is 0 Å². The van der Waals surface area contributed by atoms with E-state index in [4.69, 9.17) is 0 Å². The molecule has 3 aromatic rings. The third-order valence-corrected chi connectivity index (χ3v) is 4.85. The minimum Gasteiger partial charge on any atom is -0.355 e. The van der Waals surface area contributed by atoms with E-state index in [1.165, 1.54) is 11.1 Å². The van der Waals surface area contributed by atoms with E-state index < -0.39 is 0 Å². The Labute approximate surface area is 153 Å². The molecule has 2 heterocycles. The van der Waals surface area contributed by atoms with Crippen molar-refractivity contribution >= 4 is 5.91 Å².